The molecular formula is C14H19NO2. The van der Waals surface area contributed by atoms with Gasteiger partial charge in [-0.15, -0.1) is 0 Å². The molecule has 1 aromatic rings. The molecule has 1 heterocycles. The number of Topliss-reactive ketones (excluding diaryl/α,β-unsaturated/α-hetero) is 1. The van der Waals surface area contributed by atoms with Crippen molar-refractivity contribution in [1.29, 1.82) is 0 Å². The summed E-state index contributed by atoms with van der Waals surface area (Å²) in [7, 11) is 1.98. The Hall–Kier alpha value is -1.19. The minimum absolute atomic E-state index is 0.0378. The number of ketones is 1. The third-order valence-corrected chi connectivity index (χ3v) is 3.31. The maximum Gasteiger partial charge on any atom is 0.146 e. The Morgan fingerprint density at radius 2 is 2.12 bits per heavy atom. The molecule has 0 radical (unpaired) electrons. The first-order valence-corrected chi connectivity index (χ1v) is 6.03. The van der Waals surface area contributed by atoms with Crippen molar-refractivity contribution in [3.05, 3.63) is 35.9 Å². The fourth-order valence-electron chi connectivity index (χ4n) is 2.34. The Kier molecular flexibility index (Phi) is 3.92. The van der Waals surface area contributed by atoms with Crippen molar-refractivity contribution >= 4 is 5.78 Å². The number of carbonyl (C=O) groups is 1. The number of benzene rings is 1. The number of nitrogens with zero attached hydrogens (tertiary/aromatic N) is 1. The van der Waals surface area contributed by atoms with Gasteiger partial charge in [0.2, 0.25) is 0 Å². The van der Waals surface area contributed by atoms with E-state index in [1.165, 1.54) is 5.56 Å². The quantitative estimate of drug-likeness (QED) is 0.795. The molecule has 1 aliphatic heterocycles. The number of likely N-dealkylation sites (N-methyl/N-ethyl adjacent to an activating group) is 1. The summed E-state index contributed by atoms with van der Waals surface area (Å²) in [6, 6.07) is 10.2. The van der Waals surface area contributed by atoms with Crippen LogP contribution in [0.1, 0.15) is 18.9 Å². The summed E-state index contributed by atoms with van der Waals surface area (Å²) in [5.74, 6) is 0.235. The van der Waals surface area contributed by atoms with Crippen LogP contribution >= 0.6 is 0 Å². The molecule has 3 heteroatoms. The van der Waals surface area contributed by atoms with Gasteiger partial charge in [-0.05, 0) is 26.0 Å². The van der Waals surface area contributed by atoms with Gasteiger partial charge in [-0.2, -0.15) is 0 Å². The predicted octanol–water partition coefficient (Wildman–Crippen LogP) is 1.86. The van der Waals surface area contributed by atoms with E-state index in [1.807, 2.05) is 25.2 Å². The summed E-state index contributed by atoms with van der Waals surface area (Å²) in [5, 5.41) is 0. The Labute approximate surface area is 102 Å². The van der Waals surface area contributed by atoms with Gasteiger partial charge in [-0.3, -0.25) is 9.69 Å². The molecule has 0 aromatic heterocycles. The predicted molar refractivity (Wildman–Crippen MR) is 66.7 cm³/mol. The van der Waals surface area contributed by atoms with E-state index in [4.69, 9.17) is 4.74 Å². The van der Waals surface area contributed by atoms with Crippen molar-refractivity contribution in [2.24, 2.45) is 0 Å². The highest BCUT2D eigenvalue weighted by Gasteiger charge is 2.32. The highest BCUT2D eigenvalue weighted by molar-refractivity contribution is 5.81. The summed E-state index contributed by atoms with van der Waals surface area (Å²) in [6.45, 7) is 3.13. The molecule has 92 valence electrons. The molecule has 2 rings (SSSR count). The molecule has 0 amide bonds. The van der Waals surface area contributed by atoms with E-state index in [1.54, 1.807) is 6.92 Å². The second-order valence-electron chi connectivity index (χ2n) is 4.72. The van der Waals surface area contributed by atoms with E-state index in [0.29, 0.717) is 6.61 Å². The zero-order chi connectivity index (χ0) is 12.3. The summed E-state index contributed by atoms with van der Waals surface area (Å²) >= 11 is 0. The molecule has 0 spiro atoms. The SMILES string of the molecule is CC(=O)[C@@H]1C[C@@H](OCc2ccccc2)CN1C. The maximum atomic E-state index is 11.4. The van der Waals surface area contributed by atoms with Crippen LogP contribution in [0.25, 0.3) is 0 Å². The first-order chi connectivity index (χ1) is 8.16. The number of ether oxygens (including phenoxy) is 1. The Morgan fingerprint density at radius 1 is 1.41 bits per heavy atom. The van der Waals surface area contributed by atoms with Crippen molar-refractivity contribution in [3.63, 3.8) is 0 Å². The van der Waals surface area contributed by atoms with E-state index in [0.717, 1.165) is 13.0 Å². The second kappa shape index (κ2) is 5.43. The van der Waals surface area contributed by atoms with Crippen LogP contribution in [0.5, 0.6) is 0 Å². The summed E-state index contributed by atoms with van der Waals surface area (Å²) < 4.78 is 5.85. The monoisotopic (exact) mass is 233 g/mol. The maximum absolute atomic E-state index is 11.4. The first-order valence-electron chi connectivity index (χ1n) is 6.03. The first kappa shape index (κ1) is 12.3. The zero-order valence-electron chi connectivity index (χ0n) is 10.4. The van der Waals surface area contributed by atoms with Crippen molar-refractivity contribution in [3.8, 4) is 0 Å². The average molecular weight is 233 g/mol. The third kappa shape index (κ3) is 3.14. The average Bonchev–Trinajstić information content (AvgIpc) is 2.69. The summed E-state index contributed by atoms with van der Waals surface area (Å²) in [6.07, 6.45) is 0.993. The topological polar surface area (TPSA) is 29.5 Å². The molecule has 3 nitrogen and oxygen atoms in total. The number of likely N-dealkylation sites (tertiary alicyclic amines) is 1. The zero-order valence-corrected chi connectivity index (χ0v) is 10.4. The van der Waals surface area contributed by atoms with E-state index in [-0.39, 0.29) is 17.9 Å². The van der Waals surface area contributed by atoms with Crippen LogP contribution in [-0.4, -0.2) is 36.4 Å². The standard InChI is InChI=1S/C14H19NO2/c1-11(16)14-8-13(9-15(14)2)17-10-12-6-4-3-5-7-12/h3-7,13-14H,8-10H2,1-2H3/t13-,14+/m1/s1. The summed E-state index contributed by atoms with van der Waals surface area (Å²) in [5.41, 5.74) is 1.18. The molecule has 1 fully saturated rings. The van der Waals surface area contributed by atoms with E-state index >= 15 is 0 Å². The van der Waals surface area contributed by atoms with Gasteiger partial charge in [0.05, 0.1) is 18.8 Å². The van der Waals surface area contributed by atoms with Gasteiger partial charge in [-0.1, -0.05) is 30.3 Å². The highest BCUT2D eigenvalue weighted by Crippen LogP contribution is 2.20. The smallest absolute Gasteiger partial charge is 0.146 e. The Bertz CT molecular complexity index is 377. The lowest BCUT2D eigenvalue weighted by molar-refractivity contribution is -0.120. The van der Waals surface area contributed by atoms with Crippen LogP contribution in [-0.2, 0) is 16.1 Å². The minimum Gasteiger partial charge on any atom is -0.372 e. The fraction of sp³-hybridized carbons (Fsp3) is 0.500. The number of carbonyl (C=O) groups excluding carboxylic acids is 1. The van der Waals surface area contributed by atoms with Crippen molar-refractivity contribution < 1.29 is 9.53 Å². The number of hydrogen-bond donors (Lipinski definition) is 0. The van der Waals surface area contributed by atoms with Gasteiger partial charge in [0.15, 0.2) is 0 Å². The number of hydrogen-bond acceptors (Lipinski definition) is 3. The Morgan fingerprint density at radius 3 is 2.71 bits per heavy atom. The lowest BCUT2D eigenvalue weighted by Gasteiger charge is -2.14. The largest absolute Gasteiger partial charge is 0.372 e. The third-order valence-electron chi connectivity index (χ3n) is 3.31. The van der Waals surface area contributed by atoms with Crippen molar-refractivity contribution in [2.45, 2.75) is 32.1 Å². The van der Waals surface area contributed by atoms with Crippen LogP contribution in [0, 0.1) is 0 Å². The van der Waals surface area contributed by atoms with Gasteiger partial charge in [0, 0.05) is 6.54 Å². The lowest BCUT2D eigenvalue weighted by Crippen LogP contribution is -2.30. The molecular weight excluding hydrogens is 214 g/mol. The van der Waals surface area contributed by atoms with E-state index in [9.17, 15) is 4.79 Å². The highest BCUT2D eigenvalue weighted by atomic mass is 16.5. The molecule has 2 atom stereocenters. The van der Waals surface area contributed by atoms with Gasteiger partial charge in [0.25, 0.3) is 0 Å². The van der Waals surface area contributed by atoms with Gasteiger partial charge >= 0.3 is 0 Å². The van der Waals surface area contributed by atoms with E-state index < -0.39 is 0 Å². The van der Waals surface area contributed by atoms with Crippen LogP contribution in [0.3, 0.4) is 0 Å². The van der Waals surface area contributed by atoms with Crippen LogP contribution in [0.15, 0.2) is 30.3 Å². The lowest BCUT2D eigenvalue weighted by atomic mass is 10.1. The van der Waals surface area contributed by atoms with Crippen LogP contribution in [0.4, 0.5) is 0 Å². The molecule has 0 saturated carbocycles. The molecule has 1 aromatic carbocycles. The van der Waals surface area contributed by atoms with E-state index in [2.05, 4.69) is 17.0 Å². The normalized spacial score (nSPS) is 25.1. The van der Waals surface area contributed by atoms with Gasteiger partial charge in [-0.25, -0.2) is 0 Å². The van der Waals surface area contributed by atoms with Crippen LogP contribution < -0.4 is 0 Å². The second-order valence-corrected chi connectivity index (χ2v) is 4.72. The van der Waals surface area contributed by atoms with Crippen molar-refractivity contribution in [1.82, 2.24) is 4.90 Å². The minimum atomic E-state index is 0.0378. The molecule has 0 bridgehead atoms. The molecule has 0 aliphatic carbocycles. The molecule has 0 N–H and O–H groups in total. The van der Waals surface area contributed by atoms with Crippen LogP contribution in [0.2, 0.25) is 0 Å². The fourth-order valence-corrected chi connectivity index (χ4v) is 2.34. The van der Waals surface area contributed by atoms with Crippen molar-refractivity contribution in [2.75, 3.05) is 13.6 Å². The molecule has 0 unspecified atom stereocenters. The van der Waals surface area contributed by atoms with Gasteiger partial charge < -0.3 is 4.74 Å². The molecule has 1 aliphatic rings. The number of rotatable bonds is 4. The Balaban J connectivity index is 1.84. The van der Waals surface area contributed by atoms with Gasteiger partial charge in [0.1, 0.15) is 5.78 Å². The molecule has 1 saturated heterocycles. The molecule has 17 heavy (non-hydrogen) atoms. The summed E-state index contributed by atoms with van der Waals surface area (Å²) in [4.78, 5) is 13.5.